The van der Waals surface area contributed by atoms with Gasteiger partial charge in [0.15, 0.2) is 6.04 Å². The third-order valence-corrected chi connectivity index (χ3v) is 3.99. The number of hydrogen-bond acceptors (Lipinski definition) is 4. The SMILES string of the molecule is CCOC(=O)[C@@H](NC(=O)[C@H]1CCCO1)c1cccc(C)c1C. The average Bonchev–Trinajstić information content (AvgIpc) is 3.02. The zero-order chi connectivity index (χ0) is 16.1. The Morgan fingerprint density at radius 2 is 2.18 bits per heavy atom. The molecule has 0 spiro atoms. The van der Waals surface area contributed by atoms with Crippen LogP contribution in [0.3, 0.4) is 0 Å². The fraction of sp³-hybridized carbons (Fsp3) is 0.529. The molecule has 1 aromatic rings. The van der Waals surface area contributed by atoms with E-state index in [-0.39, 0.29) is 12.5 Å². The van der Waals surface area contributed by atoms with Crippen LogP contribution in [0.25, 0.3) is 0 Å². The maximum absolute atomic E-state index is 12.3. The van der Waals surface area contributed by atoms with E-state index in [9.17, 15) is 9.59 Å². The lowest BCUT2D eigenvalue weighted by atomic mass is 9.97. The number of nitrogens with one attached hydrogen (secondary N) is 1. The average molecular weight is 305 g/mol. The second-order valence-electron chi connectivity index (χ2n) is 5.48. The Kier molecular flexibility index (Phi) is 5.55. The van der Waals surface area contributed by atoms with Gasteiger partial charge in [-0.25, -0.2) is 4.79 Å². The van der Waals surface area contributed by atoms with Gasteiger partial charge in [0, 0.05) is 6.61 Å². The molecular weight excluding hydrogens is 282 g/mol. The Morgan fingerprint density at radius 3 is 2.82 bits per heavy atom. The molecule has 1 amide bonds. The zero-order valence-corrected chi connectivity index (χ0v) is 13.3. The number of carbonyl (C=O) groups is 2. The van der Waals surface area contributed by atoms with Crippen LogP contribution in [0.2, 0.25) is 0 Å². The van der Waals surface area contributed by atoms with Crippen molar-refractivity contribution in [1.29, 1.82) is 0 Å². The molecule has 22 heavy (non-hydrogen) atoms. The normalized spacial score (nSPS) is 18.8. The van der Waals surface area contributed by atoms with Crippen molar-refractivity contribution in [3.05, 3.63) is 34.9 Å². The predicted molar refractivity (Wildman–Crippen MR) is 82.4 cm³/mol. The minimum absolute atomic E-state index is 0.253. The highest BCUT2D eigenvalue weighted by molar-refractivity contribution is 5.88. The first-order chi connectivity index (χ1) is 10.5. The van der Waals surface area contributed by atoms with Gasteiger partial charge < -0.3 is 14.8 Å². The summed E-state index contributed by atoms with van der Waals surface area (Å²) in [6, 6.07) is 4.90. The summed E-state index contributed by atoms with van der Waals surface area (Å²) in [5, 5.41) is 2.79. The number of carbonyl (C=O) groups excluding carboxylic acids is 2. The predicted octanol–water partition coefficient (Wildman–Crippen LogP) is 2.20. The highest BCUT2D eigenvalue weighted by Gasteiger charge is 2.30. The number of esters is 1. The summed E-state index contributed by atoms with van der Waals surface area (Å²) < 4.78 is 10.5. The Balaban J connectivity index is 2.24. The lowest BCUT2D eigenvalue weighted by molar-refractivity contribution is -0.148. The monoisotopic (exact) mass is 305 g/mol. The number of ether oxygens (including phenoxy) is 2. The second-order valence-corrected chi connectivity index (χ2v) is 5.48. The zero-order valence-electron chi connectivity index (χ0n) is 13.3. The van der Waals surface area contributed by atoms with E-state index in [2.05, 4.69) is 5.32 Å². The number of benzene rings is 1. The van der Waals surface area contributed by atoms with Crippen LogP contribution in [0.4, 0.5) is 0 Å². The fourth-order valence-corrected chi connectivity index (χ4v) is 2.60. The molecule has 0 unspecified atom stereocenters. The van der Waals surface area contributed by atoms with E-state index >= 15 is 0 Å². The van der Waals surface area contributed by atoms with Crippen molar-refractivity contribution in [3.8, 4) is 0 Å². The first-order valence-electron chi connectivity index (χ1n) is 7.69. The molecule has 5 nitrogen and oxygen atoms in total. The number of aryl methyl sites for hydroxylation is 1. The lowest BCUT2D eigenvalue weighted by Crippen LogP contribution is -2.41. The minimum atomic E-state index is -0.795. The van der Waals surface area contributed by atoms with Crippen molar-refractivity contribution < 1.29 is 19.1 Å². The van der Waals surface area contributed by atoms with Crippen LogP contribution in [0.5, 0.6) is 0 Å². The summed E-state index contributed by atoms with van der Waals surface area (Å²) >= 11 is 0. The number of amides is 1. The van der Waals surface area contributed by atoms with E-state index in [0.717, 1.165) is 23.1 Å². The molecule has 0 aliphatic carbocycles. The van der Waals surface area contributed by atoms with Crippen LogP contribution in [0.15, 0.2) is 18.2 Å². The second kappa shape index (κ2) is 7.40. The van der Waals surface area contributed by atoms with Crippen molar-refractivity contribution in [2.45, 2.75) is 45.8 Å². The molecule has 1 N–H and O–H groups in total. The fourth-order valence-electron chi connectivity index (χ4n) is 2.60. The van der Waals surface area contributed by atoms with Gasteiger partial charge in [0.1, 0.15) is 6.10 Å². The molecule has 5 heteroatoms. The van der Waals surface area contributed by atoms with Gasteiger partial charge in [-0.15, -0.1) is 0 Å². The van der Waals surface area contributed by atoms with E-state index in [1.54, 1.807) is 6.92 Å². The molecule has 1 aliphatic heterocycles. The van der Waals surface area contributed by atoms with Crippen LogP contribution in [0, 0.1) is 13.8 Å². The van der Waals surface area contributed by atoms with Crippen LogP contribution in [-0.2, 0) is 19.1 Å². The van der Waals surface area contributed by atoms with Gasteiger partial charge in [0.25, 0.3) is 0 Å². The highest BCUT2D eigenvalue weighted by atomic mass is 16.5. The van der Waals surface area contributed by atoms with Crippen LogP contribution >= 0.6 is 0 Å². The lowest BCUT2D eigenvalue weighted by Gasteiger charge is -2.22. The van der Waals surface area contributed by atoms with Crippen LogP contribution in [0.1, 0.15) is 42.5 Å². The largest absolute Gasteiger partial charge is 0.464 e. The first-order valence-corrected chi connectivity index (χ1v) is 7.69. The Bertz CT molecular complexity index is 550. The third kappa shape index (κ3) is 3.65. The quantitative estimate of drug-likeness (QED) is 0.847. The highest BCUT2D eigenvalue weighted by Crippen LogP contribution is 2.23. The molecule has 1 aromatic carbocycles. The molecule has 1 saturated heterocycles. The van der Waals surface area contributed by atoms with Crippen molar-refractivity contribution in [1.82, 2.24) is 5.32 Å². The molecule has 2 rings (SSSR count). The summed E-state index contributed by atoms with van der Waals surface area (Å²) in [5.41, 5.74) is 2.82. The van der Waals surface area contributed by atoms with Crippen molar-refractivity contribution >= 4 is 11.9 Å². The summed E-state index contributed by atoms with van der Waals surface area (Å²) in [4.78, 5) is 24.6. The Labute approximate surface area is 131 Å². The van der Waals surface area contributed by atoms with Gasteiger partial charge in [0.2, 0.25) is 5.91 Å². The molecule has 120 valence electrons. The van der Waals surface area contributed by atoms with E-state index < -0.39 is 18.1 Å². The van der Waals surface area contributed by atoms with Gasteiger partial charge in [-0.2, -0.15) is 0 Å². The Hall–Kier alpha value is -1.88. The molecule has 0 bridgehead atoms. The molecule has 1 aliphatic rings. The van der Waals surface area contributed by atoms with Gasteiger partial charge in [-0.05, 0) is 50.3 Å². The van der Waals surface area contributed by atoms with E-state index in [1.807, 2.05) is 32.0 Å². The van der Waals surface area contributed by atoms with Crippen molar-refractivity contribution in [2.24, 2.45) is 0 Å². The van der Waals surface area contributed by atoms with E-state index in [4.69, 9.17) is 9.47 Å². The maximum Gasteiger partial charge on any atom is 0.333 e. The van der Waals surface area contributed by atoms with E-state index in [0.29, 0.717) is 13.0 Å². The van der Waals surface area contributed by atoms with Crippen LogP contribution < -0.4 is 5.32 Å². The van der Waals surface area contributed by atoms with Crippen molar-refractivity contribution in [2.75, 3.05) is 13.2 Å². The molecule has 0 saturated carbocycles. The molecule has 1 fully saturated rings. The maximum atomic E-state index is 12.3. The van der Waals surface area contributed by atoms with E-state index in [1.165, 1.54) is 0 Å². The van der Waals surface area contributed by atoms with Gasteiger partial charge in [-0.1, -0.05) is 18.2 Å². The summed E-state index contributed by atoms with van der Waals surface area (Å²) in [7, 11) is 0. The molecule has 2 atom stereocenters. The Morgan fingerprint density at radius 1 is 1.41 bits per heavy atom. The standard InChI is InChI=1S/C17H23NO4/c1-4-21-17(20)15(13-8-5-7-11(2)12(13)3)18-16(19)14-9-6-10-22-14/h5,7-8,14-15H,4,6,9-10H2,1-3H3,(H,18,19)/t14-,15+/m1/s1. The third-order valence-electron chi connectivity index (χ3n) is 3.99. The van der Waals surface area contributed by atoms with Gasteiger partial charge in [-0.3, -0.25) is 4.79 Å². The van der Waals surface area contributed by atoms with Gasteiger partial charge in [0.05, 0.1) is 6.61 Å². The van der Waals surface area contributed by atoms with Crippen molar-refractivity contribution in [3.63, 3.8) is 0 Å². The first kappa shape index (κ1) is 16.5. The summed E-state index contributed by atoms with van der Waals surface area (Å²) in [5.74, 6) is -0.695. The summed E-state index contributed by atoms with van der Waals surface area (Å²) in [6.07, 6.45) is 1.09. The molecule has 1 heterocycles. The minimum Gasteiger partial charge on any atom is -0.464 e. The molecule has 0 aromatic heterocycles. The number of rotatable bonds is 5. The molecular formula is C17H23NO4. The van der Waals surface area contributed by atoms with Crippen LogP contribution in [-0.4, -0.2) is 31.2 Å². The van der Waals surface area contributed by atoms with Gasteiger partial charge >= 0.3 is 5.97 Å². The smallest absolute Gasteiger partial charge is 0.333 e. The topological polar surface area (TPSA) is 64.6 Å². The number of hydrogen-bond donors (Lipinski definition) is 1. The summed E-state index contributed by atoms with van der Waals surface area (Å²) in [6.45, 7) is 6.53. The molecule has 0 radical (unpaired) electrons.